The standard InChI is InChI=1S/C44H54N4O8S/c1-6-29-25-44(29,42(52)46-57(53,54)32-16-17-32)26-38(49)37-22-31(27-48(37)41(51)34(43(2,3)4)23-40(50)47-19-11-8-12-20-47)56-39-24-35(28-13-9-7-10-14-28)45-36-21-30(55-5)15-18-33(36)39/h6-7,9-10,13-15,18,21,24,29,31-32,34,37H,1,8,11-12,16-17,19-20,22-23,25-27H2,2-5H3,(H,46,52)/t29-,31-,34-,37+,44-/m1/s1. The van der Waals surface area contributed by atoms with E-state index in [9.17, 15) is 27.6 Å². The molecule has 3 amide bonds. The third-order valence-corrected chi connectivity index (χ3v) is 14.1. The van der Waals surface area contributed by atoms with Crippen LogP contribution in [0.5, 0.6) is 11.5 Å². The maximum Gasteiger partial charge on any atom is 0.240 e. The van der Waals surface area contributed by atoms with Gasteiger partial charge in [0.25, 0.3) is 0 Å². The number of fused-ring (bicyclic) bond motifs is 1. The summed E-state index contributed by atoms with van der Waals surface area (Å²) in [6.07, 6.45) is 5.01. The van der Waals surface area contributed by atoms with Crippen molar-refractivity contribution in [2.45, 2.75) is 96.0 Å². The molecular formula is C44H54N4O8S. The second-order valence-electron chi connectivity index (χ2n) is 17.3. The van der Waals surface area contributed by atoms with Crippen LogP contribution in [0.1, 0.15) is 78.6 Å². The first-order chi connectivity index (χ1) is 27.1. The number of rotatable bonds is 14. The number of carbonyl (C=O) groups excluding carboxylic acids is 4. The molecular weight excluding hydrogens is 745 g/mol. The highest BCUT2D eigenvalue weighted by atomic mass is 32.2. The Kier molecular flexibility index (Phi) is 11.3. The predicted molar refractivity (Wildman–Crippen MR) is 217 cm³/mol. The lowest BCUT2D eigenvalue weighted by Gasteiger charge is -2.36. The van der Waals surface area contributed by atoms with Gasteiger partial charge in [0.1, 0.15) is 17.6 Å². The number of ether oxygens (including phenoxy) is 2. The number of nitrogens with one attached hydrogen (secondary N) is 1. The number of ketones is 1. The zero-order valence-electron chi connectivity index (χ0n) is 33.4. The van der Waals surface area contributed by atoms with Crippen molar-refractivity contribution in [1.29, 1.82) is 0 Å². The van der Waals surface area contributed by atoms with Crippen LogP contribution in [0.2, 0.25) is 0 Å². The molecule has 1 aromatic heterocycles. The van der Waals surface area contributed by atoms with Crippen LogP contribution in [0.4, 0.5) is 0 Å². The molecule has 0 spiro atoms. The van der Waals surface area contributed by atoms with Crippen LogP contribution < -0.4 is 14.2 Å². The average Bonchev–Trinajstić information content (AvgIpc) is 4.13. The van der Waals surface area contributed by atoms with Crippen molar-refractivity contribution >= 4 is 44.4 Å². The number of nitrogens with zero attached hydrogens (tertiary/aromatic N) is 3. The summed E-state index contributed by atoms with van der Waals surface area (Å²) in [6, 6.07) is 16.1. The van der Waals surface area contributed by atoms with E-state index in [0.717, 1.165) is 30.2 Å². The van der Waals surface area contributed by atoms with Crippen LogP contribution in [0.25, 0.3) is 22.2 Å². The smallest absolute Gasteiger partial charge is 0.240 e. The van der Waals surface area contributed by atoms with Crippen LogP contribution in [-0.4, -0.2) is 90.8 Å². The van der Waals surface area contributed by atoms with Gasteiger partial charge in [0, 0.05) is 55.4 Å². The maximum atomic E-state index is 14.9. The van der Waals surface area contributed by atoms with E-state index in [-0.39, 0.29) is 49.8 Å². The fraction of sp³-hybridized carbons (Fsp3) is 0.523. The topological polar surface area (TPSA) is 152 Å². The molecule has 0 unspecified atom stereocenters. The van der Waals surface area contributed by atoms with Gasteiger partial charge in [-0.15, -0.1) is 6.58 Å². The minimum absolute atomic E-state index is 0.00639. The largest absolute Gasteiger partial charge is 0.497 e. The zero-order valence-corrected chi connectivity index (χ0v) is 34.2. The minimum Gasteiger partial charge on any atom is -0.497 e. The van der Waals surface area contributed by atoms with Gasteiger partial charge in [-0.3, -0.25) is 23.9 Å². The van der Waals surface area contributed by atoms with Gasteiger partial charge in [0.2, 0.25) is 27.7 Å². The van der Waals surface area contributed by atoms with Gasteiger partial charge in [-0.05, 0) is 62.0 Å². The Bertz CT molecular complexity index is 2160. The van der Waals surface area contributed by atoms with Gasteiger partial charge >= 0.3 is 0 Å². The Hall–Kier alpha value is -4.78. The molecule has 3 heterocycles. The summed E-state index contributed by atoms with van der Waals surface area (Å²) >= 11 is 0. The van der Waals surface area contributed by atoms with Crippen molar-refractivity contribution in [2.24, 2.45) is 22.7 Å². The van der Waals surface area contributed by atoms with Crippen LogP contribution in [0.3, 0.4) is 0 Å². The van der Waals surface area contributed by atoms with E-state index in [1.165, 1.54) is 0 Å². The van der Waals surface area contributed by atoms with E-state index in [1.807, 2.05) is 80.3 Å². The first-order valence-corrected chi connectivity index (χ1v) is 21.7. The number of Topliss-reactive ketones (excluding diaryl/α,β-unsaturated/α-hetero) is 1. The molecule has 2 aliphatic carbocycles. The van der Waals surface area contributed by atoms with Gasteiger partial charge < -0.3 is 19.3 Å². The van der Waals surface area contributed by atoms with Crippen LogP contribution in [-0.2, 0) is 29.2 Å². The number of sulfonamides is 1. The molecule has 4 fully saturated rings. The predicted octanol–water partition coefficient (Wildman–Crippen LogP) is 6.08. The second-order valence-corrected chi connectivity index (χ2v) is 19.3. The Morgan fingerprint density at radius 1 is 1.04 bits per heavy atom. The number of hydrogen-bond donors (Lipinski definition) is 1. The van der Waals surface area contributed by atoms with E-state index in [2.05, 4.69) is 11.3 Å². The van der Waals surface area contributed by atoms with E-state index < -0.39 is 56.0 Å². The molecule has 2 saturated heterocycles. The number of allylic oxidation sites excluding steroid dienone is 1. The zero-order chi connectivity index (χ0) is 40.7. The van der Waals surface area contributed by atoms with E-state index in [0.29, 0.717) is 48.6 Å². The third kappa shape index (κ3) is 8.59. The summed E-state index contributed by atoms with van der Waals surface area (Å²) in [5, 5.41) is 0.118. The Labute approximate surface area is 335 Å². The average molecular weight is 799 g/mol. The maximum absolute atomic E-state index is 14.9. The van der Waals surface area contributed by atoms with Gasteiger partial charge in [-0.2, -0.15) is 0 Å². The highest BCUT2D eigenvalue weighted by Crippen LogP contribution is 2.57. The number of methoxy groups -OCH3 is 1. The minimum atomic E-state index is -3.86. The number of amides is 3. The van der Waals surface area contributed by atoms with E-state index in [4.69, 9.17) is 14.5 Å². The summed E-state index contributed by atoms with van der Waals surface area (Å²) in [5.74, 6) is -1.44. The number of benzene rings is 2. The molecule has 4 aliphatic rings. The summed E-state index contributed by atoms with van der Waals surface area (Å²) in [6.45, 7) is 11.0. The van der Waals surface area contributed by atoms with Crippen LogP contribution in [0.15, 0.2) is 67.3 Å². The lowest BCUT2D eigenvalue weighted by atomic mass is 9.77. The first kappa shape index (κ1) is 40.4. The molecule has 0 radical (unpaired) electrons. The van der Waals surface area contributed by atoms with Crippen LogP contribution in [0, 0.1) is 22.7 Å². The van der Waals surface area contributed by atoms with Gasteiger partial charge in [-0.1, -0.05) is 57.2 Å². The molecule has 2 aromatic carbocycles. The van der Waals surface area contributed by atoms with E-state index >= 15 is 0 Å². The van der Waals surface area contributed by atoms with Crippen molar-refractivity contribution in [3.63, 3.8) is 0 Å². The molecule has 3 aromatic rings. The number of carbonyl (C=O) groups is 4. The Morgan fingerprint density at radius 2 is 1.75 bits per heavy atom. The molecule has 0 bridgehead atoms. The number of hydrogen-bond acceptors (Lipinski definition) is 9. The van der Waals surface area contributed by atoms with Crippen LogP contribution >= 0.6 is 0 Å². The molecule has 304 valence electrons. The van der Waals surface area contributed by atoms with Crippen molar-refractivity contribution in [1.82, 2.24) is 19.5 Å². The quantitative estimate of drug-likeness (QED) is 0.191. The SMILES string of the molecule is C=C[C@@H]1C[C@]1(CC(=O)[C@@H]1C[C@@H](Oc2cc(-c3ccccc3)nc3cc(OC)ccc23)CN1C(=O)[C@@H](CC(=O)N1CCCCC1)C(C)(C)C)C(=O)NS(=O)(=O)C1CC1. The molecule has 1 N–H and O–H groups in total. The summed E-state index contributed by atoms with van der Waals surface area (Å²) in [5.41, 5.74) is 0.289. The van der Waals surface area contributed by atoms with Gasteiger partial charge in [-0.25, -0.2) is 13.4 Å². The Morgan fingerprint density at radius 3 is 2.39 bits per heavy atom. The molecule has 5 atom stereocenters. The van der Waals surface area contributed by atoms with Crippen molar-refractivity contribution < 1.29 is 37.1 Å². The monoisotopic (exact) mass is 798 g/mol. The molecule has 57 heavy (non-hydrogen) atoms. The molecule has 2 saturated carbocycles. The number of pyridine rings is 1. The fourth-order valence-corrected chi connectivity index (χ4v) is 9.87. The number of piperidine rings is 1. The molecule has 13 heteroatoms. The van der Waals surface area contributed by atoms with Crippen molar-refractivity contribution in [2.75, 3.05) is 26.7 Å². The second kappa shape index (κ2) is 15.9. The molecule has 2 aliphatic heterocycles. The van der Waals surface area contributed by atoms with E-state index in [1.54, 1.807) is 18.1 Å². The van der Waals surface area contributed by atoms with Crippen molar-refractivity contribution in [3.8, 4) is 22.8 Å². The first-order valence-electron chi connectivity index (χ1n) is 20.1. The Balaban J connectivity index is 1.21. The highest BCUT2D eigenvalue weighted by Gasteiger charge is 2.61. The number of likely N-dealkylation sites (tertiary alicyclic amines) is 2. The number of aromatic nitrogens is 1. The highest BCUT2D eigenvalue weighted by molar-refractivity contribution is 7.90. The van der Waals surface area contributed by atoms with Gasteiger partial charge in [0.05, 0.1) is 47.5 Å². The van der Waals surface area contributed by atoms with Gasteiger partial charge in [0.15, 0.2) is 5.78 Å². The summed E-state index contributed by atoms with van der Waals surface area (Å²) in [7, 11) is -2.27. The lowest BCUT2D eigenvalue weighted by molar-refractivity contribution is -0.148. The fourth-order valence-electron chi connectivity index (χ4n) is 8.49. The molecule has 7 rings (SSSR count). The normalized spacial score (nSPS) is 24.1. The molecule has 12 nitrogen and oxygen atoms in total. The summed E-state index contributed by atoms with van der Waals surface area (Å²) < 4.78 is 40.2. The lowest BCUT2D eigenvalue weighted by Crippen LogP contribution is -2.49. The third-order valence-electron chi connectivity index (χ3n) is 12.2. The van der Waals surface area contributed by atoms with Crippen molar-refractivity contribution in [3.05, 3.63) is 67.3 Å². The summed E-state index contributed by atoms with van der Waals surface area (Å²) in [4.78, 5) is 65.2.